The minimum atomic E-state index is 0.168. The first kappa shape index (κ1) is 16.2. The highest BCUT2D eigenvalue weighted by molar-refractivity contribution is 9.10. The number of fused-ring (bicyclic) bond motifs is 1. The van der Waals surface area contributed by atoms with Crippen LogP contribution in [0.4, 0.5) is 5.69 Å². The van der Waals surface area contributed by atoms with Gasteiger partial charge in [0.2, 0.25) is 5.91 Å². The Kier molecular flexibility index (Phi) is 5.16. The average molecular weight is 376 g/mol. The summed E-state index contributed by atoms with van der Waals surface area (Å²) in [7, 11) is 0. The van der Waals surface area contributed by atoms with Crippen molar-refractivity contribution in [3.8, 4) is 0 Å². The Labute approximate surface area is 145 Å². The molecule has 1 fully saturated rings. The smallest absolute Gasteiger partial charge is 0.220 e. The Morgan fingerprint density at radius 1 is 1.43 bits per heavy atom. The number of amides is 1. The largest absolute Gasteiger partial charge is 0.369 e. The van der Waals surface area contributed by atoms with Gasteiger partial charge >= 0.3 is 0 Å². The van der Waals surface area contributed by atoms with Crippen molar-refractivity contribution in [2.45, 2.75) is 38.6 Å². The molecule has 122 valence electrons. The van der Waals surface area contributed by atoms with E-state index in [2.05, 4.69) is 43.3 Å². The standard InChI is InChI=1S/C18H22BrN3O/c1-2-4-18(23)21-14-5-3-10-22(12-14)17-8-9-20-16-7-6-13(19)11-15(16)17/h6-9,11,14H,2-5,10,12H2,1H3,(H,21,23). The zero-order valence-electron chi connectivity index (χ0n) is 13.4. The molecule has 1 atom stereocenters. The summed E-state index contributed by atoms with van der Waals surface area (Å²) in [4.78, 5) is 18.7. The number of aromatic nitrogens is 1. The fourth-order valence-corrected chi connectivity index (χ4v) is 3.58. The molecule has 1 saturated heterocycles. The Balaban J connectivity index is 1.81. The molecule has 0 radical (unpaired) electrons. The molecule has 4 nitrogen and oxygen atoms in total. The fraction of sp³-hybridized carbons (Fsp3) is 0.444. The Morgan fingerprint density at radius 3 is 3.13 bits per heavy atom. The van der Waals surface area contributed by atoms with E-state index >= 15 is 0 Å². The summed E-state index contributed by atoms with van der Waals surface area (Å²) in [6.45, 7) is 3.92. The van der Waals surface area contributed by atoms with Crippen LogP contribution in [0.25, 0.3) is 10.9 Å². The molecule has 1 N–H and O–H groups in total. The molecule has 5 heteroatoms. The number of nitrogens with one attached hydrogen (secondary N) is 1. The summed E-state index contributed by atoms with van der Waals surface area (Å²) in [5, 5.41) is 4.33. The minimum absolute atomic E-state index is 0.168. The molecule has 0 saturated carbocycles. The van der Waals surface area contributed by atoms with Crippen LogP contribution in [0.3, 0.4) is 0 Å². The maximum absolute atomic E-state index is 11.9. The van der Waals surface area contributed by atoms with E-state index in [0.717, 1.165) is 47.7 Å². The highest BCUT2D eigenvalue weighted by Crippen LogP contribution is 2.30. The second-order valence-electron chi connectivity index (χ2n) is 6.09. The third-order valence-electron chi connectivity index (χ3n) is 4.28. The number of hydrogen-bond donors (Lipinski definition) is 1. The summed E-state index contributed by atoms with van der Waals surface area (Å²) >= 11 is 3.55. The van der Waals surface area contributed by atoms with Crippen molar-refractivity contribution in [2.75, 3.05) is 18.0 Å². The number of halogens is 1. The monoisotopic (exact) mass is 375 g/mol. The highest BCUT2D eigenvalue weighted by atomic mass is 79.9. The second-order valence-corrected chi connectivity index (χ2v) is 7.01. The third-order valence-corrected chi connectivity index (χ3v) is 4.78. The van der Waals surface area contributed by atoms with Gasteiger partial charge in [-0.3, -0.25) is 9.78 Å². The van der Waals surface area contributed by atoms with Crippen molar-refractivity contribution < 1.29 is 4.79 Å². The number of carbonyl (C=O) groups excluding carboxylic acids is 1. The Morgan fingerprint density at radius 2 is 2.30 bits per heavy atom. The van der Waals surface area contributed by atoms with Crippen LogP contribution in [0, 0.1) is 0 Å². The molecule has 2 aromatic rings. The number of piperidine rings is 1. The maximum atomic E-state index is 11.9. The number of anilines is 1. The molecule has 23 heavy (non-hydrogen) atoms. The number of hydrogen-bond acceptors (Lipinski definition) is 3. The van der Waals surface area contributed by atoms with Gasteiger partial charge in [-0.25, -0.2) is 0 Å². The van der Waals surface area contributed by atoms with E-state index < -0.39 is 0 Å². The van der Waals surface area contributed by atoms with Gasteiger partial charge in [-0.15, -0.1) is 0 Å². The lowest BCUT2D eigenvalue weighted by molar-refractivity contribution is -0.121. The van der Waals surface area contributed by atoms with Gasteiger partial charge in [-0.05, 0) is 43.5 Å². The molecule has 1 aliphatic heterocycles. The zero-order chi connectivity index (χ0) is 16.2. The molecule has 1 aliphatic rings. The number of pyridine rings is 1. The van der Waals surface area contributed by atoms with Crippen LogP contribution in [0.1, 0.15) is 32.6 Å². The number of nitrogens with zero attached hydrogens (tertiary/aromatic N) is 2. The van der Waals surface area contributed by atoms with Crippen molar-refractivity contribution in [2.24, 2.45) is 0 Å². The molecular formula is C18H22BrN3O. The first-order chi connectivity index (χ1) is 11.2. The molecule has 2 heterocycles. The van der Waals surface area contributed by atoms with Crippen molar-refractivity contribution >= 4 is 38.4 Å². The van der Waals surface area contributed by atoms with E-state index in [1.807, 2.05) is 25.3 Å². The third kappa shape index (κ3) is 3.83. The number of benzene rings is 1. The van der Waals surface area contributed by atoms with Crippen molar-refractivity contribution in [3.63, 3.8) is 0 Å². The molecule has 0 aliphatic carbocycles. The van der Waals surface area contributed by atoms with E-state index in [1.54, 1.807) is 0 Å². The van der Waals surface area contributed by atoms with E-state index in [-0.39, 0.29) is 11.9 Å². The summed E-state index contributed by atoms with van der Waals surface area (Å²) in [6, 6.07) is 8.48. The van der Waals surface area contributed by atoms with E-state index in [9.17, 15) is 4.79 Å². The number of carbonyl (C=O) groups is 1. The van der Waals surface area contributed by atoms with Crippen LogP contribution in [0.5, 0.6) is 0 Å². The van der Waals surface area contributed by atoms with Gasteiger partial charge in [0.05, 0.1) is 5.52 Å². The molecule has 1 amide bonds. The zero-order valence-corrected chi connectivity index (χ0v) is 15.0. The topological polar surface area (TPSA) is 45.2 Å². The highest BCUT2D eigenvalue weighted by Gasteiger charge is 2.22. The van der Waals surface area contributed by atoms with Crippen LogP contribution < -0.4 is 10.2 Å². The van der Waals surface area contributed by atoms with Crippen LogP contribution in [0.2, 0.25) is 0 Å². The van der Waals surface area contributed by atoms with Crippen molar-refractivity contribution in [1.82, 2.24) is 10.3 Å². The lowest BCUT2D eigenvalue weighted by atomic mass is 10.0. The summed E-state index contributed by atoms with van der Waals surface area (Å²) in [5.74, 6) is 0.168. The van der Waals surface area contributed by atoms with Crippen molar-refractivity contribution in [3.05, 3.63) is 34.9 Å². The van der Waals surface area contributed by atoms with E-state index in [4.69, 9.17) is 0 Å². The first-order valence-electron chi connectivity index (χ1n) is 8.26. The first-order valence-corrected chi connectivity index (χ1v) is 9.05. The van der Waals surface area contributed by atoms with Crippen molar-refractivity contribution in [1.29, 1.82) is 0 Å². The quantitative estimate of drug-likeness (QED) is 0.881. The summed E-state index contributed by atoms with van der Waals surface area (Å²) in [6.07, 6.45) is 5.52. The lowest BCUT2D eigenvalue weighted by Crippen LogP contribution is -2.47. The van der Waals surface area contributed by atoms with Gasteiger partial charge < -0.3 is 10.2 Å². The van der Waals surface area contributed by atoms with E-state index in [1.165, 1.54) is 5.69 Å². The van der Waals surface area contributed by atoms with Crippen LogP contribution in [0.15, 0.2) is 34.9 Å². The van der Waals surface area contributed by atoms with E-state index in [0.29, 0.717) is 6.42 Å². The van der Waals surface area contributed by atoms with Gasteiger partial charge in [0.25, 0.3) is 0 Å². The van der Waals surface area contributed by atoms with Gasteiger partial charge in [-0.1, -0.05) is 22.9 Å². The maximum Gasteiger partial charge on any atom is 0.220 e. The molecule has 0 spiro atoms. The molecule has 1 aromatic heterocycles. The average Bonchev–Trinajstić information content (AvgIpc) is 2.54. The Bertz CT molecular complexity index is 704. The van der Waals surface area contributed by atoms with Crippen LogP contribution in [-0.4, -0.2) is 30.0 Å². The van der Waals surface area contributed by atoms with Gasteiger partial charge in [0, 0.05) is 47.3 Å². The summed E-state index contributed by atoms with van der Waals surface area (Å²) < 4.78 is 1.06. The molecule has 1 unspecified atom stereocenters. The number of rotatable bonds is 4. The molecule has 3 rings (SSSR count). The molecular weight excluding hydrogens is 354 g/mol. The SMILES string of the molecule is CCCC(=O)NC1CCCN(c2ccnc3ccc(Br)cc23)C1. The molecule has 1 aromatic carbocycles. The fourth-order valence-electron chi connectivity index (χ4n) is 3.22. The predicted molar refractivity (Wildman–Crippen MR) is 97.7 cm³/mol. The lowest BCUT2D eigenvalue weighted by Gasteiger charge is -2.35. The second kappa shape index (κ2) is 7.30. The normalized spacial score (nSPS) is 18.2. The predicted octanol–water partition coefficient (Wildman–Crippen LogP) is 3.88. The van der Waals surface area contributed by atoms with Gasteiger partial charge in [0.1, 0.15) is 0 Å². The summed E-state index contributed by atoms with van der Waals surface area (Å²) in [5.41, 5.74) is 2.20. The van der Waals surface area contributed by atoms with Gasteiger partial charge in [0.15, 0.2) is 0 Å². The molecule has 0 bridgehead atoms. The van der Waals surface area contributed by atoms with Gasteiger partial charge in [-0.2, -0.15) is 0 Å². The van der Waals surface area contributed by atoms with Crippen LogP contribution >= 0.6 is 15.9 Å². The minimum Gasteiger partial charge on any atom is -0.369 e. The Hall–Kier alpha value is -1.62. The van der Waals surface area contributed by atoms with Crippen LogP contribution in [-0.2, 0) is 4.79 Å².